The predicted octanol–water partition coefficient (Wildman–Crippen LogP) is 2.92. The molecule has 116 valence electrons. The van der Waals surface area contributed by atoms with Crippen molar-refractivity contribution < 1.29 is 9.90 Å². The maximum absolute atomic E-state index is 10.9. The summed E-state index contributed by atoms with van der Waals surface area (Å²) in [4.78, 5) is 23.2. The minimum Gasteiger partial charge on any atom is -0.481 e. The van der Waals surface area contributed by atoms with Crippen LogP contribution in [0.15, 0.2) is 43.1 Å². The van der Waals surface area contributed by atoms with Crippen molar-refractivity contribution in [2.45, 2.75) is 32.7 Å². The summed E-state index contributed by atoms with van der Waals surface area (Å²) in [5, 5.41) is 12.3. The monoisotopic (exact) mass is 300 g/mol. The zero-order valence-electron chi connectivity index (χ0n) is 12.7. The lowest BCUT2D eigenvalue weighted by atomic mass is 9.77. The Morgan fingerprint density at radius 3 is 2.73 bits per heavy atom. The van der Waals surface area contributed by atoms with Gasteiger partial charge in [0.05, 0.1) is 6.04 Å². The third-order valence-corrected chi connectivity index (χ3v) is 3.66. The van der Waals surface area contributed by atoms with E-state index < -0.39 is 5.97 Å². The van der Waals surface area contributed by atoms with Crippen LogP contribution in [0.25, 0.3) is 0 Å². The Balaban J connectivity index is 2.27. The van der Waals surface area contributed by atoms with E-state index in [0.29, 0.717) is 12.2 Å². The fraction of sp³-hybridized carbons (Fsp3) is 0.375. The van der Waals surface area contributed by atoms with Gasteiger partial charge in [0.25, 0.3) is 0 Å². The highest BCUT2D eigenvalue weighted by Gasteiger charge is 2.31. The predicted molar refractivity (Wildman–Crippen MR) is 83.3 cm³/mol. The average molecular weight is 300 g/mol. The van der Waals surface area contributed by atoms with E-state index in [9.17, 15) is 4.79 Å². The minimum atomic E-state index is -0.792. The Hall–Kier alpha value is -2.50. The number of aliphatic carboxylic acids is 1. The van der Waals surface area contributed by atoms with Crippen molar-refractivity contribution in [3.63, 3.8) is 0 Å². The lowest BCUT2D eigenvalue weighted by Gasteiger charge is -2.35. The molecular weight excluding hydrogens is 280 g/mol. The van der Waals surface area contributed by atoms with Gasteiger partial charge < -0.3 is 10.4 Å². The van der Waals surface area contributed by atoms with Gasteiger partial charge in [-0.2, -0.15) is 0 Å². The fourth-order valence-electron chi connectivity index (χ4n) is 2.37. The molecule has 2 N–H and O–H groups in total. The number of nitrogens with one attached hydrogen (secondary N) is 1. The van der Waals surface area contributed by atoms with Crippen LogP contribution in [0.2, 0.25) is 0 Å². The van der Waals surface area contributed by atoms with Gasteiger partial charge in [0.2, 0.25) is 0 Å². The molecule has 6 nitrogen and oxygen atoms in total. The number of hydrogen-bond donors (Lipinski definition) is 2. The lowest BCUT2D eigenvalue weighted by molar-refractivity contribution is -0.137. The molecule has 0 aliphatic heterocycles. The Labute approximate surface area is 129 Å². The summed E-state index contributed by atoms with van der Waals surface area (Å²) in [6.07, 6.45) is 7.32. The number of carbonyl (C=O) groups is 1. The normalized spacial score (nSPS) is 12.6. The molecule has 1 atom stereocenters. The van der Waals surface area contributed by atoms with Crippen LogP contribution < -0.4 is 5.32 Å². The number of hydrogen-bond acceptors (Lipinski definition) is 5. The van der Waals surface area contributed by atoms with Crippen LogP contribution in [-0.2, 0) is 4.79 Å². The van der Waals surface area contributed by atoms with Crippen LogP contribution in [0.5, 0.6) is 0 Å². The smallest absolute Gasteiger partial charge is 0.303 e. The topological polar surface area (TPSA) is 88.0 Å². The molecule has 1 unspecified atom stereocenters. The number of anilines is 1. The van der Waals surface area contributed by atoms with Gasteiger partial charge in [-0.05, 0) is 29.5 Å². The van der Waals surface area contributed by atoms with Gasteiger partial charge >= 0.3 is 5.97 Å². The van der Waals surface area contributed by atoms with E-state index in [1.54, 1.807) is 24.7 Å². The number of carboxylic acid groups (broad SMARTS) is 1. The lowest BCUT2D eigenvalue weighted by Crippen LogP contribution is -2.29. The SMILES string of the molecule is CC(C)(CCC(=O)O)C(Nc1ccncn1)c1cccnc1. The van der Waals surface area contributed by atoms with Crippen molar-refractivity contribution in [2.24, 2.45) is 5.41 Å². The highest BCUT2D eigenvalue weighted by Crippen LogP contribution is 2.39. The number of nitrogens with zero attached hydrogens (tertiary/aromatic N) is 3. The van der Waals surface area contributed by atoms with Crippen LogP contribution in [0.3, 0.4) is 0 Å². The molecule has 0 radical (unpaired) electrons. The molecule has 0 saturated carbocycles. The Morgan fingerprint density at radius 1 is 1.32 bits per heavy atom. The molecule has 0 bridgehead atoms. The first-order chi connectivity index (χ1) is 10.5. The van der Waals surface area contributed by atoms with Crippen LogP contribution >= 0.6 is 0 Å². The highest BCUT2D eigenvalue weighted by atomic mass is 16.4. The number of aromatic nitrogens is 3. The third-order valence-electron chi connectivity index (χ3n) is 3.66. The average Bonchev–Trinajstić information content (AvgIpc) is 2.52. The van der Waals surface area contributed by atoms with Gasteiger partial charge in [0.1, 0.15) is 12.1 Å². The van der Waals surface area contributed by atoms with Crippen molar-refractivity contribution in [3.8, 4) is 0 Å². The van der Waals surface area contributed by atoms with E-state index in [2.05, 4.69) is 20.3 Å². The van der Waals surface area contributed by atoms with Gasteiger partial charge in [-0.15, -0.1) is 0 Å². The summed E-state index contributed by atoms with van der Waals surface area (Å²) in [5.41, 5.74) is 0.711. The largest absolute Gasteiger partial charge is 0.481 e. The van der Waals surface area contributed by atoms with Crippen LogP contribution in [0.1, 0.15) is 38.3 Å². The first-order valence-electron chi connectivity index (χ1n) is 7.13. The van der Waals surface area contributed by atoms with Crippen molar-refractivity contribution >= 4 is 11.8 Å². The van der Waals surface area contributed by atoms with Crippen LogP contribution in [0, 0.1) is 5.41 Å². The van der Waals surface area contributed by atoms with Gasteiger partial charge in [-0.25, -0.2) is 9.97 Å². The van der Waals surface area contributed by atoms with Gasteiger partial charge in [-0.1, -0.05) is 19.9 Å². The van der Waals surface area contributed by atoms with E-state index in [-0.39, 0.29) is 17.9 Å². The van der Waals surface area contributed by atoms with Gasteiger partial charge in [0, 0.05) is 25.0 Å². The molecule has 6 heteroatoms. The van der Waals surface area contributed by atoms with Crippen molar-refractivity contribution in [3.05, 3.63) is 48.7 Å². The summed E-state index contributed by atoms with van der Waals surface area (Å²) in [7, 11) is 0. The molecule has 0 aromatic carbocycles. The molecule has 0 fully saturated rings. The summed E-state index contributed by atoms with van der Waals surface area (Å²) < 4.78 is 0. The van der Waals surface area contributed by atoms with E-state index in [1.807, 2.05) is 26.0 Å². The molecule has 2 rings (SSSR count). The summed E-state index contributed by atoms with van der Waals surface area (Å²) in [6.45, 7) is 4.09. The van der Waals surface area contributed by atoms with Crippen LogP contribution in [-0.4, -0.2) is 26.0 Å². The maximum Gasteiger partial charge on any atom is 0.303 e. The van der Waals surface area contributed by atoms with Crippen molar-refractivity contribution in [2.75, 3.05) is 5.32 Å². The van der Waals surface area contributed by atoms with Crippen LogP contribution in [0.4, 0.5) is 5.82 Å². The fourth-order valence-corrected chi connectivity index (χ4v) is 2.37. The Morgan fingerprint density at radius 2 is 2.14 bits per heavy atom. The summed E-state index contributed by atoms with van der Waals surface area (Å²) in [6, 6.07) is 5.54. The molecule has 22 heavy (non-hydrogen) atoms. The van der Waals surface area contributed by atoms with E-state index >= 15 is 0 Å². The number of pyridine rings is 1. The number of carboxylic acids is 1. The molecule has 2 heterocycles. The van der Waals surface area contributed by atoms with Crippen molar-refractivity contribution in [1.82, 2.24) is 15.0 Å². The second-order valence-electron chi connectivity index (χ2n) is 5.84. The maximum atomic E-state index is 10.9. The van der Waals surface area contributed by atoms with Gasteiger partial charge in [0.15, 0.2) is 0 Å². The Bertz CT molecular complexity index is 602. The van der Waals surface area contributed by atoms with Gasteiger partial charge in [-0.3, -0.25) is 9.78 Å². The first kappa shape index (κ1) is 15.9. The highest BCUT2D eigenvalue weighted by molar-refractivity contribution is 5.66. The summed E-state index contributed by atoms with van der Waals surface area (Å²) in [5.74, 6) is -0.0905. The second kappa shape index (κ2) is 6.98. The Kier molecular flexibility index (Phi) is 5.04. The summed E-state index contributed by atoms with van der Waals surface area (Å²) >= 11 is 0. The first-order valence-corrected chi connectivity index (χ1v) is 7.13. The zero-order valence-corrected chi connectivity index (χ0v) is 12.7. The molecule has 0 amide bonds. The van der Waals surface area contributed by atoms with E-state index in [4.69, 9.17) is 5.11 Å². The third kappa shape index (κ3) is 4.25. The van der Waals surface area contributed by atoms with E-state index in [1.165, 1.54) is 6.33 Å². The standard InChI is InChI=1S/C16H20N4O2/c1-16(2,7-5-14(21)22)15(12-4-3-8-17-10-12)20-13-6-9-18-11-19-13/h3-4,6,8-11,15H,5,7H2,1-2H3,(H,21,22)(H,18,19,20). The molecule has 2 aromatic rings. The van der Waals surface area contributed by atoms with Crippen molar-refractivity contribution in [1.29, 1.82) is 0 Å². The molecular formula is C16H20N4O2. The second-order valence-corrected chi connectivity index (χ2v) is 5.84. The molecule has 0 spiro atoms. The number of rotatable bonds is 7. The quantitative estimate of drug-likeness (QED) is 0.817. The molecule has 0 aliphatic carbocycles. The molecule has 0 saturated heterocycles. The molecule has 0 aliphatic rings. The molecule has 2 aromatic heterocycles. The zero-order chi connectivity index (χ0) is 16.0. The minimum absolute atomic E-state index is 0.101. The van der Waals surface area contributed by atoms with E-state index in [0.717, 1.165) is 5.56 Å².